The number of aliphatic imine (C=N–C) groups is 1. The van der Waals surface area contributed by atoms with Crippen molar-refractivity contribution in [3.05, 3.63) is 60.3 Å². The fourth-order valence-electron chi connectivity index (χ4n) is 2.71. The fourth-order valence-corrected chi connectivity index (χ4v) is 2.71. The minimum absolute atomic E-state index is 0.238. The molecule has 2 heterocycles. The van der Waals surface area contributed by atoms with Gasteiger partial charge >= 0.3 is 0 Å². The van der Waals surface area contributed by atoms with Crippen LogP contribution in [0.25, 0.3) is 5.65 Å². The van der Waals surface area contributed by atoms with Crippen molar-refractivity contribution in [2.75, 3.05) is 19.6 Å². The first-order chi connectivity index (χ1) is 13.7. The zero-order valence-corrected chi connectivity index (χ0v) is 16.1. The lowest BCUT2D eigenvalue weighted by Crippen LogP contribution is -2.39. The second-order valence-corrected chi connectivity index (χ2v) is 6.30. The topological polar surface area (TPSA) is 75.8 Å². The van der Waals surface area contributed by atoms with Gasteiger partial charge in [-0.25, -0.2) is 9.38 Å². The Morgan fingerprint density at radius 2 is 2.00 bits per heavy atom. The molecule has 3 aromatic rings. The molecule has 0 saturated carbocycles. The maximum atomic E-state index is 13.7. The highest BCUT2D eigenvalue weighted by Crippen LogP contribution is 2.16. The standard InChI is InChI=1S/C20H25FN6O/c1-3-22-20(24-14-15(2)28-17-9-5-4-8-16(17)21)23-12-11-19-26-25-18-10-6-7-13-27(18)19/h4-10,13,15H,3,11-12,14H2,1-2H3,(H2,22,23,24). The van der Waals surface area contributed by atoms with Crippen LogP contribution in [-0.2, 0) is 6.42 Å². The summed E-state index contributed by atoms with van der Waals surface area (Å²) in [5, 5.41) is 14.9. The Balaban J connectivity index is 1.53. The summed E-state index contributed by atoms with van der Waals surface area (Å²) in [5.41, 5.74) is 0.831. The lowest BCUT2D eigenvalue weighted by Gasteiger charge is -2.15. The predicted molar refractivity (Wildman–Crippen MR) is 107 cm³/mol. The van der Waals surface area contributed by atoms with Crippen LogP contribution in [0.4, 0.5) is 4.39 Å². The van der Waals surface area contributed by atoms with E-state index >= 15 is 0 Å². The van der Waals surface area contributed by atoms with Crippen LogP contribution in [0.5, 0.6) is 5.75 Å². The van der Waals surface area contributed by atoms with Crippen molar-refractivity contribution in [3.63, 3.8) is 0 Å². The summed E-state index contributed by atoms with van der Waals surface area (Å²) >= 11 is 0. The number of halogens is 1. The second kappa shape index (κ2) is 9.68. The third-order valence-corrected chi connectivity index (χ3v) is 4.04. The number of hydrogen-bond acceptors (Lipinski definition) is 4. The highest BCUT2D eigenvalue weighted by Gasteiger charge is 2.09. The monoisotopic (exact) mass is 384 g/mol. The average Bonchev–Trinajstić information content (AvgIpc) is 3.11. The highest BCUT2D eigenvalue weighted by atomic mass is 19.1. The number of fused-ring (bicyclic) bond motifs is 1. The maximum absolute atomic E-state index is 13.7. The number of nitrogens with zero attached hydrogens (tertiary/aromatic N) is 4. The predicted octanol–water partition coefficient (Wildman–Crippen LogP) is 2.43. The Labute approximate surface area is 163 Å². The maximum Gasteiger partial charge on any atom is 0.191 e. The number of pyridine rings is 1. The van der Waals surface area contributed by atoms with Crippen LogP contribution in [0.2, 0.25) is 0 Å². The molecule has 0 fully saturated rings. The minimum atomic E-state index is -0.371. The van der Waals surface area contributed by atoms with Gasteiger partial charge in [-0.05, 0) is 38.1 Å². The Hall–Kier alpha value is -3.16. The van der Waals surface area contributed by atoms with Crippen LogP contribution in [0.15, 0.2) is 53.7 Å². The molecule has 0 radical (unpaired) electrons. The van der Waals surface area contributed by atoms with Gasteiger partial charge in [0, 0.05) is 25.7 Å². The van der Waals surface area contributed by atoms with Gasteiger partial charge in [0.05, 0.1) is 6.54 Å². The molecule has 0 aliphatic carbocycles. The molecule has 1 aromatic carbocycles. The first kappa shape index (κ1) is 19.6. The number of benzene rings is 1. The molecule has 1 atom stereocenters. The van der Waals surface area contributed by atoms with E-state index in [0.717, 1.165) is 18.0 Å². The first-order valence-corrected chi connectivity index (χ1v) is 9.39. The van der Waals surface area contributed by atoms with E-state index in [4.69, 9.17) is 4.74 Å². The van der Waals surface area contributed by atoms with Crippen molar-refractivity contribution in [2.24, 2.45) is 4.99 Å². The van der Waals surface area contributed by atoms with Crippen LogP contribution >= 0.6 is 0 Å². The molecule has 1 unspecified atom stereocenters. The molecule has 0 bridgehead atoms. The summed E-state index contributed by atoms with van der Waals surface area (Å²) in [6.07, 6.45) is 2.40. The fraction of sp³-hybridized carbons (Fsp3) is 0.350. The van der Waals surface area contributed by atoms with Crippen LogP contribution in [0, 0.1) is 5.82 Å². The van der Waals surface area contributed by atoms with Crippen molar-refractivity contribution in [2.45, 2.75) is 26.4 Å². The quantitative estimate of drug-likeness (QED) is 0.461. The molecule has 28 heavy (non-hydrogen) atoms. The zero-order valence-electron chi connectivity index (χ0n) is 16.1. The normalized spacial score (nSPS) is 12.8. The Morgan fingerprint density at radius 3 is 2.82 bits per heavy atom. The Kier molecular flexibility index (Phi) is 6.78. The molecule has 8 heteroatoms. The van der Waals surface area contributed by atoms with E-state index in [2.05, 4.69) is 25.8 Å². The summed E-state index contributed by atoms with van der Waals surface area (Å²) in [4.78, 5) is 4.52. The van der Waals surface area contributed by atoms with Crippen molar-refractivity contribution in [3.8, 4) is 5.75 Å². The van der Waals surface area contributed by atoms with E-state index in [-0.39, 0.29) is 17.7 Å². The summed E-state index contributed by atoms with van der Waals surface area (Å²) in [6.45, 7) is 5.66. The smallest absolute Gasteiger partial charge is 0.191 e. The molecule has 148 valence electrons. The van der Waals surface area contributed by atoms with Gasteiger partial charge < -0.3 is 15.4 Å². The van der Waals surface area contributed by atoms with Gasteiger partial charge in [-0.15, -0.1) is 10.2 Å². The summed E-state index contributed by atoms with van der Waals surface area (Å²) < 4.78 is 21.3. The van der Waals surface area contributed by atoms with Crippen molar-refractivity contribution >= 4 is 11.6 Å². The summed E-state index contributed by atoms with van der Waals surface area (Å²) in [7, 11) is 0. The van der Waals surface area contributed by atoms with Gasteiger partial charge in [0.15, 0.2) is 23.2 Å². The molecule has 2 N–H and O–H groups in total. The molecule has 0 saturated heterocycles. The number of rotatable bonds is 8. The third kappa shape index (κ3) is 5.18. The summed E-state index contributed by atoms with van der Waals surface area (Å²) in [6, 6.07) is 12.2. The largest absolute Gasteiger partial charge is 0.486 e. The Morgan fingerprint density at radius 1 is 1.18 bits per heavy atom. The molecular weight excluding hydrogens is 359 g/mol. The van der Waals surface area contributed by atoms with Gasteiger partial charge in [0.1, 0.15) is 11.9 Å². The number of hydrogen-bond donors (Lipinski definition) is 2. The van der Waals surface area contributed by atoms with Crippen molar-refractivity contribution in [1.82, 2.24) is 25.2 Å². The van der Waals surface area contributed by atoms with E-state index in [1.54, 1.807) is 18.2 Å². The minimum Gasteiger partial charge on any atom is -0.486 e. The number of guanidine groups is 1. The van der Waals surface area contributed by atoms with Crippen molar-refractivity contribution < 1.29 is 9.13 Å². The lowest BCUT2D eigenvalue weighted by atomic mass is 10.3. The van der Waals surface area contributed by atoms with E-state index in [9.17, 15) is 4.39 Å². The van der Waals surface area contributed by atoms with Gasteiger partial charge in [0.25, 0.3) is 0 Å². The molecule has 0 amide bonds. The van der Waals surface area contributed by atoms with E-state index in [0.29, 0.717) is 25.5 Å². The van der Waals surface area contributed by atoms with Gasteiger partial charge in [-0.1, -0.05) is 18.2 Å². The second-order valence-electron chi connectivity index (χ2n) is 6.30. The molecule has 0 spiro atoms. The summed E-state index contributed by atoms with van der Waals surface area (Å²) in [5.74, 6) is 1.43. The third-order valence-electron chi connectivity index (χ3n) is 4.04. The number of para-hydroxylation sites is 1. The first-order valence-electron chi connectivity index (χ1n) is 9.39. The van der Waals surface area contributed by atoms with Crippen LogP contribution in [-0.4, -0.2) is 46.3 Å². The molecule has 2 aromatic heterocycles. The highest BCUT2D eigenvalue weighted by molar-refractivity contribution is 5.79. The molecule has 0 aliphatic heterocycles. The molecule has 7 nitrogen and oxygen atoms in total. The van der Waals surface area contributed by atoms with Crippen LogP contribution in [0.1, 0.15) is 19.7 Å². The van der Waals surface area contributed by atoms with Crippen LogP contribution in [0.3, 0.4) is 0 Å². The Bertz CT molecular complexity index is 926. The lowest BCUT2D eigenvalue weighted by molar-refractivity contribution is 0.220. The molecular formula is C20H25FN6O. The average molecular weight is 384 g/mol. The van der Waals surface area contributed by atoms with Gasteiger partial charge in [-0.2, -0.15) is 0 Å². The number of nitrogens with one attached hydrogen (secondary N) is 2. The van der Waals surface area contributed by atoms with Gasteiger partial charge in [0.2, 0.25) is 0 Å². The van der Waals surface area contributed by atoms with Crippen molar-refractivity contribution in [1.29, 1.82) is 0 Å². The molecule has 3 rings (SSSR count). The van der Waals surface area contributed by atoms with Gasteiger partial charge in [-0.3, -0.25) is 4.40 Å². The number of ether oxygens (including phenoxy) is 1. The molecule has 0 aliphatic rings. The number of aromatic nitrogens is 3. The SMILES string of the molecule is CCNC(=NCC(C)Oc1ccccc1F)NCCc1nnc2ccccn12. The van der Waals surface area contributed by atoms with E-state index in [1.807, 2.05) is 42.6 Å². The zero-order chi connectivity index (χ0) is 19.8. The van der Waals surface area contributed by atoms with Crippen LogP contribution < -0.4 is 15.4 Å². The van der Waals surface area contributed by atoms with E-state index < -0.39 is 0 Å². The van der Waals surface area contributed by atoms with E-state index in [1.165, 1.54) is 6.07 Å².